The van der Waals surface area contributed by atoms with Crippen molar-refractivity contribution in [3.05, 3.63) is 68.9 Å². The molecule has 8 heteroatoms. The van der Waals surface area contributed by atoms with Gasteiger partial charge in [-0.3, -0.25) is 9.59 Å². The minimum Gasteiger partial charge on any atom is -0.316 e. The van der Waals surface area contributed by atoms with Gasteiger partial charge >= 0.3 is 6.09 Å². The molecule has 0 saturated carbocycles. The molecule has 0 atom stereocenters. The summed E-state index contributed by atoms with van der Waals surface area (Å²) in [4.78, 5) is 40.9. The molecule has 4 rings (SSSR count). The Labute approximate surface area is 169 Å². The van der Waals surface area contributed by atoms with E-state index < -0.39 is 6.09 Å². The summed E-state index contributed by atoms with van der Waals surface area (Å²) < 4.78 is 4.11. The van der Waals surface area contributed by atoms with Gasteiger partial charge in [0.15, 0.2) is 12.6 Å². The topological polar surface area (TPSA) is 70.3 Å². The molecule has 6 nitrogen and oxygen atoms in total. The average molecular weight is 490 g/mol. The van der Waals surface area contributed by atoms with Crippen LogP contribution < -0.4 is 4.84 Å². The van der Waals surface area contributed by atoms with Crippen LogP contribution in [0.4, 0.5) is 4.79 Å². The molecule has 0 N–H and O–H groups in total. The largest absolute Gasteiger partial charge is 0.443 e. The first-order valence-electron chi connectivity index (χ1n) is 7.76. The Bertz CT molecular complexity index is 1240. The molecule has 2 heterocycles. The van der Waals surface area contributed by atoms with Gasteiger partial charge in [-0.25, -0.2) is 9.36 Å². The van der Waals surface area contributed by atoms with Crippen molar-refractivity contribution < 1.29 is 19.2 Å². The molecule has 0 aliphatic carbocycles. The van der Waals surface area contributed by atoms with Gasteiger partial charge in [0.05, 0.1) is 17.2 Å². The van der Waals surface area contributed by atoms with E-state index in [1.165, 1.54) is 21.7 Å². The van der Waals surface area contributed by atoms with Crippen molar-refractivity contribution >= 4 is 72.3 Å². The van der Waals surface area contributed by atoms with Crippen LogP contribution in [-0.2, 0) is 0 Å². The molecule has 2 aromatic carbocycles. The van der Waals surface area contributed by atoms with Gasteiger partial charge in [-0.05, 0) is 36.4 Å². The van der Waals surface area contributed by atoms with E-state index in [-0.39, 0.29) is 0 Å². The Kier molecular flexibility index (Phi) is 4.45. The predicted octanol–water partition coefficient (Wildman–Crippen LogP) is 4.84. The molecule has 0 amide bonds. The van der Waals surface area contributed by atoms with Crippen molar-refractivity contribution in [2.75, 3.05) is 0 Å². The summed E-state index contributed by atoms with van der Waals surface area (Å²) in [7, 11) is 0. The summed E-state index contributed by atoms with van der Waals surface area (Å²) >= 11 is 6.72. The maximum absolute atomic E-state index is 12.7. The second kappa shape index (κ2) is 6.79. The predicted molar refractivity (Wildman–Crippen MR) is 107 cm³/mol. The Morgan fingerprint density at radius 3 is 2.04 bits per heavy atom. The van der Waals surface area contributed by atoms with E-state index in [4.69, 9.17) is 4.84 Å². The normalized spacial score (nSPS) is 11.0. The van der Waals surface area contributed by atoms with E-state index in [2.05, 4.69) is 31.9 Å². The van der Waals surface area contributed by atoms with Gasteiger partial charge in [0, 0.05) is 37.0 Å². The molecular formula is C19H10Br2N2O4. The molecule has 0 unspecified atom stereocenters. The number of hydrogen-bond donors (Lipinski definition) is 0. The summed E-state index contributed by atoms with van der Waals surface area (Å²) in [6.45, 7) is 0. The van der Waals surface area contributed by atoms with E-state index in [1.807, 2.05) is 0 Å². The maximum Gasteiger partial charge on any atom is 0.443 e. The molecule has 0 saturated heterocycles. The zero-order valence-corrected chi connectivity index (χ0v) is 16.7. The summed E-state index contributed by atoms with van der Waals surface area (Å²) in [6.07, 6.45) is 3.56. The third kappa shape index (κ3) is 3.00. The van der Waals surface area contributed by atoms with Crippen molar-refractivity contribution in [1.82, 2.24) is 9.30 Å². The first-order chi connectivity index (χ1) is 13.0. The van der Waals surface area contributed by atoms with E-state index in [9.17, 15) is 14.4 Å². The molecule has 0 aliphatic heterocycles. The van der Waals surface area contributed by atoms with Crippen molar-refractivity contribution in [3.8, 4) is 0 Å². The van der Waals surface area contributed by atoms with Crippen molar-refractivity contribution in [1.29, 1.82) is 0 Å². The SMILES string of the molecule is O=Cc1cn(OC(=O)n2cc(C=O)c3cc(Br)ccc32)c2ccc(Br)cc12. The minimum absolute atomic E-state index is 0.373. The van der Waals surface area contributed by atoms with Crippen LogP contribution in [0.3, 0.4) is 0 Å². The van der Waals surface area contributed by atoms with Gasteiger partial charge in [-0.1, -0.05) is 31.9 Å². The number of aromatic nitrogens is 2. The van der Waals surface area contributed by atoms with E-state index in [0.717, 1.165) is 8.95 Å². The Morgan fingerprint density at radius 1 is 0.852 bits per heavy atom. The number of carbonyl (C=O) groups is 3. The van der Waals surface area contributed by atoms with E-state index >= 15 is 0 Å². The van der Waals surface area contributed by atoms with Crippen molar-refractivity contribution in [2.45, 2.75) is 0 Å². The second-order valence-electron chi connectivity index (χ2n) is 5.78. The number of nitrogens with zero attached hydrogens (tertiary/aromatic N) is 2. The number of fused-ring (bicyclic) bond motifs is 2. The number of rotatable bonds is 3. The molecule has 2 aromatic heterocycles. The van der Waals surface area contributed by atoms with Crippen molar-refractivity contribution in [3.63, 3.8) is 0 Å². The second-order valence-corrected chi connectivity index (χ2v) is 7.61. The average Bonchev–Trinajstić information content (AvgIpc) is 3.19. The van der Waals surface area contributed by atoms with Gasteiger partial charge in [0.25, 0.3) is 0 Å². The van der Waals surface area contributed by atoms with Gasteiger partial charge in [0.2, 0.25) is 0 Å². The van der Waals surface area contributed by atoms with Gasteiger partial charge < -0.3 is 4.84 Å². The third-order valence-electron chi connectivity index (χ3n) is 4.19. The molecule has 134 valence electrons. The smallest absolute Gasteiger partial charge is 0.316 e. The van der Waals surface area contributed by atoms with E-state index in [1.54, 1.807) is 36.4 Å². The number of halogens is 2. The van der Waals surface area contributed by atoms with Gasteiger partial charge in [-0.15, -0.1) is 0 Å². The lowest BCUT2D eigenvalue weighted by Gasteiger charge is -2.07. The van der Waals surface area contributed by atoms with Gasteiger partial charge in [-0.2, -0.15) is 4.73 Å². The van der Waals surface area contributed by atoms with Crippen molar-refractivity contribution in [2.24, 2.45) is 0 Å². The molecule has 4 aromatic rings. The Balaban J connectivity index is 1.79. The Morgan fingerprint density at radius 2 is 1.41 bits per heavy atom. The lowest BCUT2D eigenvalue weighted by Crippen LogP contribution is -2.23. The number of hydrogen-bond acceptors (Lipinski definition) is 4. The molecule has 0 fully saturated rings. The summed E-state index contributed by atoms with van der Waals surface area (Å²) in [5, 5.41) is 1.29. The highest BCUT2D eigenvalue weighted by molar-refractivity contribution is 9.10. The van der Waals surface area contributed by atoms with Crippen LogP contribution in [0.1, 0.15) is 20.7 Å². The molecular weight excluding hydrogens is 480 g/mol. The van der Waals surface area contributed by atoms with Crippen LogP contribution in [0.2, 0.25) is 0 Å². The van der Waals surface area contributed by atoms with Crippen LogP contribution >= 0.6 is 31.9 Å². The van der Waals surface area contributed by atoms with E-state index in [0.29, 0.717) is 45.5 Å². The molecule has 0 spiro atoms. The zero-order valence-electron chi connectivity index (χ0n) is 13.6. The zero-order chi connectivity index (χ0) is 19.1. The highest BCUT2D eigenvalue weighted by Crippen LogP contribution is 2.26. The summed E-state index contributed by atoms with van der Waals surface area (Å²) in [5.41, 5.74) is 1.88. The fourth-order valence-corrected chi connectivity index (χ4v) is 3.69. The number of carbonyl (C=O) groups excluding carboxylic acids is 3. The van der Waals surface area contributed by atoms with Crippen LogP contribution in [0.5, 0.6) is 0 Å². The van der Waals surface area contributed by atoms with Crippen LogP contribution in [0.15, 0.2) is 57.7 Å². The lowest BCUT2D eigenvalue weighted by molar-refractivity contribution is 0.111. The fourth-order valence-electron chi connectivity index (χ4n) is 2.97. The summed E-state index contributed by atoms with van der Waals surface area (Å²) in [5.74, 6) is 0. The quantitative estimate of drug-likeness (QED) is 0.386. The number of aldehydes is 2. The third-order valence-corrected chi connectivity index (χ3v) is 5.17. The minimum atomic E-state index is -0.701. The standard InChI is InChI=1S/C19H10Br2N2O4/c20-13-1-3-17-15(5-13)11(9-24)7-22(17)19(26)27-23-8-12(10-25)16-6-14(21)2-4-18(16)23/h1-10H. The monoisotopic (exact) mass is 488 g/mol. The molecule has 0 bridgehead atoms. The molecule has 0 aliphatic rings. The highest BCUT2D eigenvalue weighted by atomic mass is 79.9. The van der Waals surface area contributed by atoms with Crippen LogP contribution in [0.25, 0.3) is 21.8 Å². The number of benzene rings is 2. The first-order valence-corrected chi connectivity index (χ1v) is 9.34. The van der Waals surface area contributed by atoms with Crippen LogP contribution in [0, 0.1) is 0 Å². The lowest BCUT2D eigenvalue weighted by atomic mass is 10.2. The molecule has 0 radical (unpaired) electrons. The highest BCUT2D eigenvalue weighted by Gasteiger charge is 2.18. The first kappa shape index (κ1) is 17.7. The summed E-state index contributed by atoms with van der Waals surface area (Å²) in [6, 6.07) is 10.5. The fraction of sp³-hybridized carbons (Fsp3) is 0. The maximum atomic E-state index is 12.7. The molecule has 27 heavy (non-hydrogen) atoms. The van der Waals surface area contributed by atoms with Crippen LogP contribution in [-0.4, -0.2) is 28.0 Å². The van der Waals surface area contributed by atoms with Gasteiger partial charge in [0.1, 0.15) is 0 Å². The Hall–Kier alpha value is -2.71.